The average Bonchev–Trinajstić information content (AvgIpc) is 3.26. The Balaban J connectivity index is 1.79. The number of carbonyl (C=O) groups is 2. The van der Waals surface area contributed by atoms with Crippen LogP contribution in [0.3, 0.4) is 0 Å². The van der Waals surface area contributed by atoms with Gasteiger partial charge in [-0.15, -0.1) is 11.3 Å². The highest BCUT2D eigenvalue weighted by atomic mass is 32.1. The first-order valence-electron chi connectivity index (χ1n) is 8.62. The van der Waals surface area contributed by atoms with Gasteiger partial charge < -0.3 is 14.2 Å². The molecule has 2 heterocycles. The second kappa shape index (κ2) is 8.75. The van der Waals surface area contributed by atoms with E-state index in [9.17, 15) is 9.59 Å². The van der Waals surface area contributed by atoms with Crippen LogP contribution in [0.1, 0.15) is 16.4 Å². The van der Waals surface area contributed by atoms with E-state index in [1.807, 2.05) is 23.6 Å². The van der Waals surface area contributed by atoms with Gasteiger partial charge in [-0.1, -0.05) is 12.1 Å². The summed E-state index contributed by atoms with van der Waals surface area (Å²) in [7, 11) is 4.58. The Morgan fingerprint density at radius 1 is 1.18 bits per heavy atom. The van der Waals surface area contributed by atoms with Crippen molar-refractivity contribution in [2.45, 2.75) is 5.92 Å². The largest absolute Gasteiger partial charge is 0.493 e. The predicted octanol–water partition coefficient (Wildman–Crippen LogP) is 3.50. The molecular formula is C21H21NO5S. The van der Waals surface area contributed by atoms with Gasteiger partial charge in [-0.25, -0.2) is 0 Å². The molecule has 2 amide bonds. The molecule has 146 valence electrons. The normalized spacial score (nSPS) is 16.5. The number of amides is 2. The second-order valence-corrected chi connectivity index (χ2v) is 7.04. The van der Waals surface area contributed by atoms with Crippen LogP contribution in [0.25, 0.3) is 6.08 Å². The van der Waals surface area contributed by atoms with Crippen LogP contribution in [-0.4, -0.2) is 44.6 Å². The van der Waals surface area contributed by atoms with Crippen molar-refractivity contribution in [3.63, 3.8) is 0 Å². The number of rotatable bonds is 6. The van der Waals surface area contributed by atoms with Crippen LogP contribution in [0.15, 0.2) is 47.9 Å². The third-order valence-electron chi connectivity index (χ3n) is 4.40. The molecule has 0 spiro atoms. The van der Waals surface area contributed by atoms with Crippen molar-refractivity contribution in [2.24, 2.45) is 0 Å². The fourth-order valence-corrected chi connectivity index (χ4v) is 3.78. The summed E-state index contributed by atoms with van der Waals surface area (Å²) in [4.78, 5) is 27.2. The Bertz CT molecular complexity index is 892. The summed E-state index contributed by atoms with van der Waals surface area (Å²) >= 11 is 1.61. The first kappa shape index (κ1) is 19.7. The van der Waals surface area contributed by atoms with Crippen molar-refractivity contribution in [2.75, 3.05) is 27.9 Å². The van der Waals surface area contributed by atoms with Crippen molar-refractivity contribution in [1.82, 2.24) is 4.90 Å². The molecule has 3 rings (SSSR count). The fraction of sp³-hybridized carbons (Fsp3) is 0.238. The van der Waals surface area contributed by atoms with Crippen molar-refractivity contribution < 1.29 is 23.8 Å². The van der Waals surface area contributed by atoms with Gasteiger partial charge in [0.1, 0.15) is 0 Å². The molecule has 1 aromatic heterocycles. The number of nitrogens with zero attached hydrogens (tertiary/aromatic N) is 1. The molecule has 1 aliphatic heterocycles. The number of carbonyl (C=O) groups excluding carboxylic acids is 2. The zero-order chi connectivity index (χ0) is 20.1. The quantitative estimate of drug-likeness (QED) is 0.696. The van der Waals surface area contributed by atoms with E-state index in [1.54, 1.807) is 29.5 Å². The SMILES string of the molecule is COc1cc(C=CC(=O)N2CC(c3cccs3)C=CC2=O)cc(OC)c1OC. The maximum atomic E-state index is 12.6. The van der Waals surface area contributed by atoms with Gasteiger partial charge in [-0.05, 0) is 35.2 Å². The van der Waals surface area contributed by atoms with Crippen LogP contribution in [0, 0.1) is 0 Å². The van der Waals surface area contributed by atoms with Crippen LogP contribution >= 0.6 is 11.3 Å². The highest BCUT2D eigenvalue weighted by molar-refractivity contribution is 7.10. The zero-order valence-electron chi connectivity index (χ0n) is 15.9. The lowest BCUT2D eigenvalue weighted by molar-refractivity contribution is -0.139. The van der Waals surface area contributed by atoms with Gasteiger partial charge in [0.2, 0.25) is 5.75 Å². The van der Waals surface area contributed by atoms with E-state index in [4.69, 9.17) is 14.2 Å². The molecule has 1 aromatic carbocycles. The minimum absolute atomic E-state index is 0.0243. The molecule has 0 radical (unpaired) electrons. The maximum absolute atomic E-state index is 12.6. The third kappa shape index (κ3) is 4.09. The van der Waals surface area contributed by atoms with Gasteiger partial charge >= 0.3 is 0 Å². The highest BCUT2D eigenvalue weighted by Crippen LogP contribution is 2.38. The van der Waals surface area contributed by atoms with Gasteiger partial charge in [0, 0.05) is 29.5 Å². The van der Waals surface area contributed by atoms with Crippen molar-refractivity contribution in [3.8, 4) is 17.2 Å². The summed E-state index contributed by atoms with van der Waals surface area (Å²) in [5, 5.41) is 1.98. The summed E-state index contributed by atoms with van der Waals surface area (Å²) in [6.45, 7) is 0.328. The summed E-state index contributed by atoms with van der Waals surface area (Å²) < 4.78 is 15.9. The Labute approximate surface area is 167 Å². The smallest absolute Gasteiger partial charge is 0.253 e. The van der Waals surface area contributed by atoms with E-state index in [0.717, 1.165) is 4.88 Å². The lowest BCUT2D eigenvalue weighted by atomic mass is 10.0. The molecule has 0 bridgehead atoms. The van der Waals surface area contributed by atoms with Gasteiger partial charge in [-0.3, -0.25) is 14.5 Å². The lowest BCUT2D eigenvalue weighted by Gasteiger charge is -2.25. The molecule has 0 fully saturated rings. The Kier molecular flexibility index (Phi) is 6.16. The number of imide groups is 1. The molecule has 2 aromatic rings. The standard InChI is InChI=1S/C21H21NO5S/c1-25-16-11-14(12-17(26-2)21(16)27-3)6-8-19(23)22-13-15(7-9-20(22)24)18-5-4-10-28-18/h4-12,15H,13H2,1-3H3. The monoisotopic (exact) mass is 399 g/mol. The van der Waals surface area contributed by atoms with E-state index in [1.165, 1.54) is 38.4 Å². The maximum Gasteiger partial charge on any atom is 0.253 e. The molecular weight excluding hydrogens is 378 g/mol. The van der Waals surface area contributed by atoms with Crippen LogP contribution in [-0.2, 0) is 9.59 Å². The minimum Gasteiger partial charge on any atom is -0.493 e. The molecule has 0 saturated carbocycles. The number of hydrogen-bond donors (Lipinski definition) is 0. The zero-order valence-corrected chi connectivity index (χ0v) is 16.7. The average molecular weight is 399 g/mol. The molecule has 1 atom stereocenters. The Morgan fingerprint density at radius 3 is 2.46 bits per heavy atom. The van der Waals surface area contributed by atoms with E-state index >= 15 is 0 Å². The second-order valence-electron chi connectivity index (χ2n) is 6.06. The molecule has 28 heavy (non-hydrogen) atoms. The minimum atomic E-state index is -0.371. The van der Waals surface area contributed by atoms with Crippen molar-refractivity contribution >= 4 is 29.2 Å². The van der Waals surface area contributed by atoms with E-state index in [0.29, 0.717) is 29.4 Å². The number of ether oxygens (including phenoxy) is 3. The first-order valence-corrected chi connectivity index (χ1v) is 9.50. The molecule has 6 nitrogen and oxygen atoms in total. The predicted molar refractivity (Wildman–Crippen MR) is 108 cm³/mol. The van der Waals surface area contributed by atoms with Crippen LogP contribution in [0.2, 0.25) is 0 Å². The molecule has 0 saturated heterocycles. The Morgan fingerprint density at radius 2 is 1.89 bits per heavy atom. The van der Waals surface area contributed by atoms with E-state index < -0.39 is 0 Å². The lowest BCUT2D eigenvalue weighted by Crippen LogP contribution is -2.39. The fourth-order valence-electron chi connectivity index (χ4n) is 2.98. The number of thiophene rings is 1. The van der Waals surface area contributed by atoms with Crippen LogP contribution < -0.4 is 14.2 Å². The van der Waals surface area contributed by atoms with Crippen LogP contribution in [0.4, 0.5) is 0 Å². The topological polar surface area (TPSA) is 65.1 Å². The number of benzene rings is 1. The number of methoxy groups -OCH3 is 3. The Hall–Kier alpha value is -3.06. The third-order valence-corrected chi connectivity index (χ3v) is 5.40. The highest BCUT2D eigenvalue weighted by Gasteiger charge is 2.26. The van der Waals surface area contributed by atoms with E-state index in [-0.39, 0.29) is 17.7 Å². The van der Waals surface area contributed by atoms with Gasteiger partial charge in [0.25, 0.3) is 11.8 Å². The van der Waals surface area contributed by atoms with Gasteiger partial charge in [-0.2, -0.15) is 0 Å². The summed E-state index contributed by atoms with van der Waals surface area (Å²) in [6.07, 6.45) is 6.31. The number of hydrogen-bond acceptors (Lipinski definition) is 6. The summed E-state index contributed by atoms with van der Waals surface area (Å²) in [5.74, 6) is 0.796. The van der Waals surface area contributed by atoms with E-state index in [2.05, 4.69) is 0 Å². The van der Waals surface area contributed by atoms with Crippen molar-refractivity contribution in [1.29, 1.82) is 0 Å². The van der Waals surface area contributed by atoms with Gasteiger partial charge in [0.05, 0.1) is 21.3 Å². The van der Waals surface area contributed by atoms with Crippen molar-refractivity contribution in [3.05, 3.63) is 58.3 Å². The summed E-state index contributed by atoms with van der Waals surface area (Å²) in [6, 6.07) is 7.43. The van der Waals surface area contributed by atoms with Crippen LogP contribution in [0.5, 0.6) is 17.2 Å². The van der Waals surface area contributed by atoms with Gasteiger partial charge in [0.15, 0.2) is 11.5 Å². The molecule has 0 N–H and O–H groups in total. The molecule has 7 heteroatoms. The summed E-state index contributed by atoms with van der Waals surface area (Å²) in [5.41, 5.74) is 0.692. The first-order chi connectivity index (χ1) is 13.6. The molecule has 1 aliphatic rings. The molecule has 0 aliphatic carbocycles. The molecule has 1 unspecified atom stereocenters.